The maximum atomic E-state index is 13.8. The second kappa shape index (κ2) is 5.14. The Balaban J connectivity index is 2.22. The summed E-state index contributed by atoms with van der Waals surface area (Å²) in [6, 6.07) is 8.65. The third-order valence-electron chi connectivity index (χ3n) is 3.48. The van der Waals surface area contributed by atoms with Gasteiger partial charge in [-0.25, -0.2) is 0 Å². The van der Waals surface area contributed by atoms with Crippen LogP contribution in [0.5, 0.6) is 11.5 Å². The zero-order valence-electron chi connectivity index (χ0n) is 11.9. The molecule has 3 rings (SSSR count). The molecule has 1 heterocycles. The predicted molar refractivity (Wildman–Crippen MR) is 77.7 cm³/mol. The average molecular weight is 301 g/mol. The van der Waals surface area contributed by atoms with Crippen LogP contribution in [-0.4, -0.2) is 30.5 Å². The van der Waals surface area contributed by atoms with Crippen molar-refractivity contribution >= 4 is 17.2 Å². The fourth-order valence-corrected chi connectivity index (χ4v) is 2.43. The quantitative estimate of drug-likeness (QED) is 0.646. The van der Waals surface area contributed by atoms with Gasteiger partial charge in [0.15, 0.2) is 5.82 Å². The Kier molecular flexibility index (Phi) is 3.29. The Labute approximate surface area is 125 Å². The number of methoxy groups -OCH3 is 2. The molecular weight excluding hydrogens is 289 g/mol. The molecule has 2 aromatic carbocycles. The second-order valence-corrected chi connectivity index (χ2v) is 4.71. The van der Waals surface area contributed by atoms with Gasteiger partial charge in [-0.05, 0) is 24.3 Å². The molecule has 0 N–H and O–H groups in total. The smallest absolute Gasteiger partial charge is 0.273 e. The lowest BCUT2D eigenvalue weighted by atomic mass is 10.0. The van der Waals surface area contributed by atoms with E-state index in [4.69, 9.17) is 9.47 Å². The van der Waals surface area contributed by atoms with E-state index in [0.29, 0.717) is 21.8 Å². The summed E-state index contributed by atoms with van der Waals surface area (Å²) in [4.78, 5) is 12.4. The number of carbonyl (C=O) groups is 1. The lowest BCUT2D eigenvalue weighted by molar-refractivity contribution is -0.358. The summed E-state index contributed by atoms with van der Waals surface area (Å²) >= 11 is 0. The predicted octanol–water partition coefficient (Wildman–Crippen LogP) is 2.67. The van der Waals surface area contributed by atoms with Gasteiger partial charge in [0, 0.05) is 6.07 Å². The monoisotopic (exact) mass is 301 g/mol. The highest BCUT2D eigenvalue weighted by Gasteiger charge is 2.39. The van der Waals surface area contributed by atoms with Crippen molar-refractivity contribution in [2.45, 2.75) is 0 Å². The van der Waals surface area contributed by atoms with Crippen LogP contribution >= 0.6 is 0 Å². The van der Waals surface area contributed by atoms with Crippen molar-refractivity contribution in [2.24, 2.45) is 0 Å². The highest BCUT2D eigenvalue weighted by Crippen LogP contribution is 2.32. The molecule has 5 nitrogen and oxygen atoms in total. The molecule has 112 valence electrons. The second-order valence-electron chi connectivity index (χ2n) is 4.71. The van der Waals surface area contributed by atoms with Crippen LogP contribution in [0.2, 0.25) is 0 Å². The third-order valence-corrected chi connectivity index (χ3v) is 3.48. The molecule has 0 aromatic heterocycles. The number of para-hydroxylation sites is 1. The number of halogens is 1. The molecule has 0 aliphatic carbocycles. The number of Topliss-reactive ketones (excluding diaryl/α,β-unsaturated/α-hetero) is 1. The molecule has 1 aliphatic heterocycles. The minimum atomic E-state index is -0.731. The SMILES string of the molecule is COc1cc(OC)cc(C2=[N+]([O-])c3c(F)cccc3C2=O)c1. The van der Waals surface area contributed by atoms with Crippen LogP contribution < -0.4 is 9.47 Å². The molecule has 22 heavy (non-hydrogen) atoms. The molecule has 0 fully saturated rings. The van der Waals surface area contributed by atoms with Gasteiger partial charge in [0.05, 0.1) is 19.8 Å². The van der Waals surface area contributed by atoms with Crippen molar-refractivity contribution < 1.29 is 23.4 Å². The van der Waals surface area contributed by atoms with Crippen molar-refractivity contribution in [3.8, 4) is 11.5 Å². The van der Waals surface area contributed by atoms with E-state index in [2.05, 4.69) is 0 Å². The Morgan fingerprint density at radius 3 is 2.27 bits per heavy atom. The van der Waals surface area contributed by atoms with E-state index in [1.54, 1.807) is 6.07 Å². The lowest BCUT2D eigenvalue weighted by Gasteiger charge is -2.07. The summed E-state index contributed by atoms with van der Waals surface area (Å²) in [5.41, 5.74) is -0.0554. The number of benzene rings is 2. The van der Waals surface area contributed by atoms with Gasteiger partial charge in [-0.3, -0.25) is 4.79 Å². The molecule has 0 bridgehead atoms. The minimum absolute atomic E-state index is 0.0480. The minimum Gasteiger partial charge on any atom is -0.618 e. The molecule has 0 spiro atoms. The Morgan fingerprint density at radius 2 is 1.73 bits per heavy atom. The zero-order chi connectivity index (χ0) is 15.9. The Hall–Kier alpha value is -2.89. The summed E-state index contributed by atoms with van der Waals surface area (Å²) in [6.07, 6.45) is 0. The fraction of sp³-hybridized carbons (Fsp3) is 0.125. The van der Waals surface area contributed by atoms with Crippen molar-refractivity contribution in [1.29, 1.82) is 0 Å². The van der Waals surface area contributed by atoms with Gasteiger partial charge in [-0.2, -0.15) is 9.13 Å². The van der Waals surface area contributed by atoms with Crippen molar-refractivity contribution in [3.05, 3.63) is 58.5 Å². The van der Waals surface area contributed by atoms with Crippen LogP contribution in [0.15, 0.2) is 36.4 Å². The van der Waals surface area contributed by atoms with Gasteiger partial charge in [0.1, 0.15) is 17.1 Å². The number of carbonyl (C=O) groups excluding carboxylic acids is 1. The largest absolute Gasteiger partial charge is 0.618 e. The summed E-state index contributed by atoms with van der Waals surface area (Å²) in [7, 11) is 2.92. The van der Waals surface area contributed by atoms with Gasteiger partial charge >= 0.3 is 0 Å². The van der Waals surface area contributed by atoms with Gasteiger partial charge in [0.2, 0.25) is 0 Å². The molecule has 0 saturated carbocycles. The standard InChI is InChI=1S/C16H12FNO4/c1-21-10-6-9(7-11(8-10)22-2)14-16(19)12-4-3-5-13(17)15(12)18(14)20/h3-8H,1-2H3. The molecule has 0 amide bonds. The van der Waals surface area contributed by atoms with Gasteiger partial charge in [-0.1, -0.05) is 6.07 Å². The van der Waals surface area contributed by atoms with Crippen LogP contribution in [-0.2, 0) is 0 Å². The van der Waals surface area contributed by atoms with Gasteiger partial charge in [0.25, 0.3) is 17.2 Å². The molecule has 0 saturated heterocycles. The lowest BCUT2D eigenvalue weighted by Crippen LogP contribution is -2.16. The maximum absolute atomic E-state index is 13.8. The van der Waals surface area contributed by atoms with E-state index in [-0.39, 0.29) is 17.0 Å². The van der Waals surface area contributed by atoms with E-state index in [9.17, 15) is 14.4 Å². The van der Waals surface area contributed by atoms with E-state index in [1.807, 2.05) is 0 Å². The van der Waals surface area contributed by atoms with E-state index in [1.165, 1.54) is 38.5 Å². The molecule has 2 aromatic rings. The van der Waals surface area contributed by atoms with Crippen LogP contribution in [0.25, 0.3) is 0 Å². The third kappa shape index (κ3) is 2.00. The first-order chi connectivity index (χ1) is 10.6. The molecular formula is C16H12FNO4. The number of ketones is 1. The Morgan fingerprint density at radius 1 is 1.09 bits per heavy atom. The normalized spacial score (nSPS) is 13.3. The van der Waals surface area contributed by atoms with Crippen molar-refractivity contribution in [2.75, 3.05) is 14.2 Å². The van der Waals surface area contributed by atoms with Crippen molar-refractivity contribution in [3.63, 3.8) is 0 Å². The number of fused-ring (bicyclic) bond motifs is 1. The van der Waals surface area contributed by atoms with Gasteiger partial charge in [-0.15, -0.1) is 0 Å². The zero-order valence-corrected chi connectivity index (χ0v) is 11.9. The molecule has 0 radical (unpaired) electrons. The summed E-state index contributed by atoms with van der Waals surface area (Å²) in [5.74, 6) is -0.399. The van der Waals surface area contributed by atoms with Crippen molar-refractivity contribution in [1.82, 2.24) is 0 Å². The molecule has 0 atom stereocenters. The number of hydrogen-bond acceptors (Lipinski definition) is 4. The van der Waals surface area contributed by atoms with Gasteiger partial charge < -0.3 is 14.7 Å². The number of ether oxygens (including phenoxy) is 2. The number of rotatable bonds is 3. The van der Waals surface area contributed by atoms with Crippen LogP contribution in [0, 0.1) is 11.0 Å². The van der Waals surface area contributed by atoms with E-state index < -0.39 is 11.6 Å². The maximum Gasteiger partial charge on any atom is 0.273 e. The number of hydrogen-bond donors (Lipinski definition) is 0. The van der Waals surface area contributed by atoms with E-state index >= 15 is 0 Å². The van der Waals surface area contributed by atoms with Crippen LogP contribution in [0.3, 0.4) is 0 Å². The first-order valence-electron chi connectivity index (χ1n) is 6.47. The topological polar surface area (TPSA) is 61.6 Å². The molecule has 0 unspecified atom stereocenters. The Bertz CT molecular complexity index is 792. The molecule has 6 heteroatoms. The average Bonchev–Trinajstić information content (AvgIpc) is 2.79. The summed E-state index contributed by atoms with van der Waals surface area (Å²) in [5, 5.41) is 12.4. The molecule has 1 aliphatic rings. The fourth-order valence-electron chi connectivity index (χ4n) is 2.43. The number of nitrogens with zero attached hydrogens (tertiary/aromatic N) is 1. The first kappa shape index (κ1) is 14.1. The highest BCUT2D eigenvalue weighted by atomic mass is 19.1. The first-order valence-corrected chi connectivity index (χ1v) is 6.47. The summed E-state index contributed by atoms with van der Waals surface area (Å²) < 4.78 is 24.4. The van der Waals surface area contributed by atoms with Crippen LogP contribution in [0.4, 0.5) is 10.1 Å². The van der Waals surface area contributed by atoms with E-state index in [0.717, 1.165) is 6.07 Å². The highest BCUT2D eigenvalue weighted by molar-refractivity contribution is 6.52. The summed E-state index contributed by atoms with van der Waals surface area (Å²) in [6.45, 7) is 0. The van der Waals surface area contributed by atoms with Crippen LogP contribution in [0.1, 0.15) is 15.9 Å².